The van der Waals surface area contributed by atoms with Crippen LogP contribution in [-0.4, -0.2) is 81.6 Å². The molecular formula is C15H33NO5. The summed E-state index contributed by atoms with van der Waals surface area (Å²) in [4.78, 5) is 1.89. The predicted molar refractivity (Wildman–Crippen MR) is 82.0 cm³/mol. The average molecular weight is 307 g/mol. The maximum absolute atomic E-state index is 9.83. The van der Waals surface area contributed by atoms with Gasteiger partial charge in [-0.05, 0) is 20.0 Å². The fourth-order valence-corrected chi connectivity index (χ4v) is 2.24. The molecule has 0 saturated carbocycles. The van der Waals surface area contributed by atoms with E-state index in [0.29, 0.717) is 0 Å². The Bertz CT molecular complexity index is 242. The Morgan fingerprint density at radius 1 is 0.810 bits per heavy atom. The molecule has 0 aromatic carbocycles. The highest BCUT2D eigenvalue weighted by molar-refractivity contribution is 4.81. The van der Waals surface area contributed by atoms with E-state index >= 15 is 0 Å². The zero-order valence-corrected chi connectivity index (χ0v) is 13.4. The van der Waals surface area contributed by atoms with Crippen molar-refractivity contribution in [1.82, 2.24) is 4.90 Å². The van der Waals surface area contributed by atoms with Crippen molar-refractivity contribution in [2.24, 2.45) is 0 Å². The van der Waals surface area contributed by atoms with Gasteiger partial charge in [0.1, 0.15) is 18.3 Å². The van der Waals surface area contributed by atoms with Gasteiger partial charge in [-0.15, -0.1) is 0 Å². The first kappa shape index (κ1) is 20.8. The van der Waals surface area contributed by atoms with Crippen molar-refractivity contribution in [3.8, 4) is 0 Å². The summed E-state index contributed by atoms with van der Waals surface area (Å²) in [5.74, 6) is 0. The van der Waals surface area contributed by atoms with Crippen LogP contribution >= 0.6 is 0 Å². The lowest BCUT2D eigenvalue weighted by molar-refractivity contribution is -0.118. The first-order chi connectivity index (χ1) is 9.93. The molecule has 0 aliphatic rings. The van der Waals surface area contributed by atoms with Gasteiger partial charge >= 0.3 is 0 Å². The molecular weight excluding hydrogens is 274 g/mol. The largest absolute Gasteiger partial charge is 0.394 e. The number of likely N-dealkylation sites (N-methyl/N-ethyl adjacent to an activating group) is 1. The smallest absolute Gasteiger partial charge is 0.111 e. The molecule has 0 aliphatic heterocycles. The minimum Gasteiger partial charge on any atom is -0.394 e. The van der Waals surface area contributed by atoms with Crippen molar-refractivity contribution in [2.75, 3.05) is 26.7 Å². The molecule has 6 nitrogen and oxygen atoms in total. The normalized spacial score (nSPS) is 17.7. The monoisotopic (exact) mass is 307 g/mol. The van der Waals surface area contributed by atoms with Crippen molar-refractivity contribution < 1.29 is 25.5 Å². The van der Waals surface area contributed by atoms with Crippen LogP contribution in [0.25, 0.3) is 0 Å². The van der Waals surface area contributed by atoms with Crippen LogP contribution < -0.4 is 0 Å². The highest BCUT2D eigenvalue weighted by Gasteiger charge is 2.30. The molecule has 0 unspecified atom stereocenters. The molecule has 0 rings (SSSR count). The van der Waals surface area contributed by atoms with Crippen LogP contribution in [0, 0.1) is 0 Å². The Morgan fingerprint density at radius 3 is 1.90 bits per heavy atom. The topological polar surface area (TPSA) is 104 Å². The zero-order chi connectivity index (χ0) is 16.3. The van der Waals surface area contributed by atoms with Crippen LogP contribution in [0.15, 0.2) is 0 Å². The van der Waals surface area contributed by atoms with Gasteiger partial charge in [0, 0.05) is 6.54 Å². The van der Waals surface area contributed by atoms with Gasteiger partial charge < -0.3 is 30.4 Å². The highest BCUT2D eigenvalue weighted by Crippen LogP contribution is 2.08. The molecule has 6 heteroatoms. The van der Waals surface area contributed by atoms with Gasteiger partial charge in [0.25, 0.3) is 0 Å². The summed E-state index contributed by atoms with van der Waals surface area (Å²) in [6.07, 6.45) is 1.52. The molecule has 0 saturated heterocycles. The number of rotatable bonds is 13. The lowest BCUT2D eigenvalue weighted by Crippen LogP contribution is -2.49. The fourth-order valence-electron chi connectivity index (χ4n) is 2.24. The number of aliphatic hydroxyl groups excluding tert-OH is 5. The minimum absolute atomic E-state index is 0.214. The summed E-state index contributed by atoms with van der Waals surface area (Å²) in [7, 11) is 1.84. The molecule has 0 aliphatic carbocycles. The Labute approximate surface area is 128 Å². The van der Waals surface area contributed by atoms with E-state index in [2.05, 4.69) is 6.92 Å². The third kappa shape index (κ3) is 9.39. The Morgan fingerprint density at radius 2 is 1.33 bits per heavy atom. The first-order valence-electron chi connectivity index (χ1n) is 7.95. The van der Waals surface area contributed by atoms with Gasteiger partial charge in [-0.3, -0.25) is 0 Å². The first-order valence-corrected chi connectivity index (χ1v) is 7.95. The second-order valence-corrected chi connectivity index (χ2v) is 5.83. The minimum atomic E-state index is -1.55. The molecule has 0 aromatic heterocycles. The van der Waals surface area contributed by atoms with E-state index < -0.39 is 31.0 Å². The molecule has 21 heavy (non-hydrogen) atoms. The van der Waals surface area contributed by atoms with Crippen molar-refractivity contribution in [2.45, 2.75) is 69.9 Å². The average Bonchev–Trinajstić information content (AvgIpc) is 2.48. The van der Waals surface area contributed by atoms with E-state index in [1.165, 1.54) is 25.7 Å². The van der Waals surface area contributed by atoms with Gasteiger partial charge in [-0.1, -0.05) is 39.0 Å². The van der Waals surface area contributed by atoms with E-state index in [0.717, 1.165) is 19.4 Å². The molecule has 0 bridgehead atoms. The van der Waals surface area contributed by atoms with E-state index in [4.69, 9.17) is 5.11 Å². The third-order valence-corrected chi connectivity index (χ3v) is 3.72. The molecule has 0 heterocycles. The Kier molecular flexibility index (Phi) is 12.2. The highest BCUT2D eigenvalue weighted by atomic mass is 16.4. The zero-order valence-electron chi connectivity index (χ0n) is 13.4. The van der Waals surface area contributed by atoms with E-state index in [1.54, 1.807) is 0 Å². The lowest BCUT2D eigenvalue weighted by atomic mass is 10.0. The summed E-state index contributed by atoms with van der Waals surface area (Å²) in [5.41, 5.74) is 0. The van der Waals surface area contributed by atoms with Crippen LogP contribution in [0.5, 0.6) is 0 Å². The molecule has 0 fully saturated rings. The summed E-state index contributed by atoms with van der Waals surface area (Å²) < 4.78 is 0. The Hall–Kier alpha value is -0.240. The van der Waals surface area contributed by atoms with Crippen LogP contribution in [0.1, 0.15) is 45.4 Å². The second-order valence-electron chi connectivity index (χ2n) is 5.83. The maximum atomic E-state index is 9.83. The van der Waals surface area contributed by atoms with E-state index in [-0.39, 0.29) is 6.54 Å². The van der Waals surface area contributed by atoms with Crippen LogP contribution in [0.4, 0.5) is 0 Å². The number of unbranched alkanes of at least 4 members (excludes halogenated alkanes) is 5. The van der Waals surface area contributed by atoms with Gasteiger partial charge in [0.2, 0.25) is 0 Å². The molecule has 0 spiro atoms. The molecule has 0 aromatic rings. The standard InChI is InChI=1S/C15H33NO5/c1-3-4-5-6-7-8-9-16(2)10-12(18)14(20)15(21)13(19)11-17/h12-15,17-21H,3-11H2,1-2H3/t12-,13+,14+,15+/m0/s1. The summed E-state index contributed by atoms with van der Waals surface area (Å²) in [5, 5.41) is 47.0. The summed E-state index contributed by atoms with van der Waals surface area (Å²) >= 11 is 0. The van der Waals surface area contributed by atoms with Crippen molar-refractivity contribution >= 4 is 0 Å². The maximum Gasteiger partial charge on any atom is 0.111 e. The number of aliphatic hydroxyl groups is 5. The van der Waals surface area contributed by atoms with E-state index in [1.807, 2.05) is 11.9 Å². The predicted octanol–water partition coefficient (Wildman–Crippen LogP) is -0.285. The van der Waals surface area contributed by atoms with Crippen LogP contribution in [0.2, 0.25) is 0 Å². The van der Waals surface area contributed by atoms with Gasteiger partial charge in [0.05, 0.1) is 12.7 Å². The summed E-state index contributed by atoms with van der Waals surface area (Å²) in [6, 6.07) is 0. The molecule has 0 radical (unpaired) electrons. The van der Waals surface area contributed by atoms with Gasteiger partial charge in [-0.2, -0.15) is 0 Å². The molecule has 0 amide bonds. The summed E-state index contributed by atoms with van der Waals surface area (Å²) in [6.45, 7) is 2.56. The van der Waals surface area contributed by atoms with Gasteiger partial charge in [0.15, 0.2) is 0 Å². The van der Waals surface area contributed by atoms with Crippen LogP contribution in [-0.2, 0) is 0 Å². The SMILES string of the molecule is CCCCCCCCN(C)C[C@H](O)[C@@H](O)[C@H](O)[C@H](O)CO. The lowest BCUT2D eigenvalue weighted by Gasteiger charge is -2.28. The van der Waals surface area contributed by atoms with Crippen LogP contribution in [0.3, 0.4) is 0 Å². The van der Waals surface area contributed by atoms with Crippen molar-refractivity contribution in [3.05, 3.63) is 0 Å². The second kappa shape index (κ2) is 12.3. The number of hydrogen-bond donors (Lipinski definition) is 5. The number of hydrogen-bond acceptors (Lipinski definition) is 6. The number of nitrogens with zero attached hydrogens (tertiary/aromatic N) is 1. The molecule has 128 valence electrons. The van der Waals surface area contributed by atoms with Crippen molar-refractivity contribution in [3.63, 3.8) is 0 Å². The molecule has 4 atom stereocenters. The quantitative estimate of drug-likeness (QED) is 0.300. The fraction of sp³-hybridized carbons (Fsp3) is 1.00. The molecule has 5 N–H and O–H groups in total. The van der Waals surface area contributed by atoms with Crippen molar-refractivity contribution in [1.29, 1.82) is 0 Å². The Balaban J connectivity index is 3.84. The van der Waals surface area contributed by atoms with Gasteiger partial charge in [-0.25, -0.2) is 0 Å². The van der Waals surface area contributed by atoms with E-state index in [9.17, 15) is 20.4 Å². The third-order valence-electron chi connectivity index (χ3n) is 3.72.